The third-order valence-electron chi connectivity index (χ3n) is 3.40. The van der Waals surface area contributed by atoms with E-state index in [1.165, 1.54) is 16.8 Å². The van der Waals surface area contributed by atoms with E-state index in [0.29, 0.717) is 5.92 Å². The van der Waals surface area contributed by atoms with Gasteiger partial charge in [-0.1, -0.05) is 45.0 Å². The molecule has 0 bridgehead atoms. The van der Waals surface area contributed by atoms with E-state index in [2.05, 4.69) is 63.4 Å². The Bertz CT molecular complexity index is 354. The highest BCUT2D eigenvalue weighted by Gasteiger charge is 2.02. The molecular formula is C15H24BN. The molecule has 0 fully saturated rings. The van der Waals surface area contributed by atoms with Crippen molar-refractivity contribution in [1.29, 1.82) is 0 Å². The lowest BCUT2D eigenvalue weighted by Gasteiger charge is -2.16. The molecule has 1 nitrogen and oxygen atoms in total. The summed E-state index contributed by atoms with van der Waals surface area (Å²) < 4.78 is 0. The first kappa shape index (κ1) is 13.9. The molecule has 0 heterocycles. The van der Waals surface area contributed by atoms with Crippen molar-refractivity contribution in [2.45, 2.75) is 33.5 Å². The van der Waals surface area contributed by atoms with E-state index in [9.17, 15) is 0 Å². The fraction of sp³-hybridized carbons (Fsp3) is 0.467. The van der Waals surface area contributed by atoms with Crippen LogP contribution in [0.4, 0.5) is 5.69 Å². The first-order valence-electron chi connectivity index (χ1n) is 6.52. The highest BCUT2D eigenvalue weighted by atomic mass is 15.0. The average Bonchev–Trinajstić information content (AvgIpc) is 2.35. The molecule has 17 heavy (non-hydrogen) atoms. The van der Waals surface area contributed by atoms with E-state index >= 15 is 0 Å². The monoisotopic (exact) mass is 229 g/mol. The molecule has 0 aliphatic carbocycles. The van der Waals surface area contributed by atoms with Crippen LogP contribution in [-0.2, 0) is 6.42 Å². The van der Waals surface area contributed by atoms with Gasteiger partial charge >= 0.3 is 0 Å². The van der Waals surface area contributed by atoms with Gasteiger partial charge in [0.15, 0.2) is 0 Å². The van der Waals surface area contributed by atoms with Crippen LogP contribution in [0.2, 0.25) is 6.82 Å². The fourth-order valence-electron chi connectivity index (χ4n) is 1.69. The first-order valence-corrected chi connectivity index (χ1v) is 6.52. The van der Waals surface area contributed by atoms with E-state index < -0.39 is 0 Å². The van der Waals surface area contributed by atoms with E-state index in [0.717, 1.165) is 20.3 Å². The predicted octanol–water partition coefficient (Wildman–Crippen LogP) is 3.67. The minimum Gasteiger partial charge on any atom is -0.421 e. The number of anilines is 1. The number of allylic oxidation sites excluding steroid dienone is 1. The zero-order valence-corrected chi connectivity index (χ0v) is 11.7. The molecule has 0 N–H and O–H groups in total. The minimum atomic E-state index is 0.598. The highest BCUT2D eigenvalue weighted by Crippen LogP contribution is 2.17. The summed E-state index contributed by atoms with van der Waals surface area (Å²) in [5, 5.41) is 0. The van der Waals surface area contributed by atoms with Gasteiger partial charge in [-0.2, -0.15) is 0 Å². The molecule has 0 saturated carbocycles. The summed E-state index contributed by atoms with van der Waals surface area (Å²) in [4.78, 5) is 2.25. The maximum atomic E-state index is 4.12. The normalized spacial score (nSPS) is 10.4. The first-order chi connectivity index (χ1) is 8.04. The van der Waals surface area contributed by atoms with Gasteiger partial charge in [0.05, 0.1) is 0 Å². The number of benzene rings is 1. The molecular weight excluding hydrogens is 205 g/mol. The summed E-state index contributed by atoms with van der Waals surface area (Å²) in [5.74, 6) is 0.598. The molecule has 1 aromatic carbocycles. The molecule has 0 saturated heterocycles. The quantitative estimate of drug-likeness (QED) is 0.531. The summed E-state index contributed by atoms with van der Waals surface area (Å²) in [5.41, 5.74) is 4.04. The molecule has 0 aliphatic rings. The maximum Gasteiger partial charge on any atom is 0.232 e. The Labute approximate surface area is 107 Å². The van der Waals surface area contributed by atoms with Gasteiger partial charge in [0.25, 0.3) is 0 Å². The van der Waals surface area contributed by atoms with Crippen LogP contribution in [0, 0.1) is 5.92 Å². The SMILES string of the molecule is C=C(CCc1ccc(N(C)BC)cc1)C(C)C. The second-order valence-electron chi connectivity index (χ2n) is 4.99. The van der Waals surface area contributed by atoms with Gasteiger partial charge in [-0.3, -0.25) is 0 Å². The Kier molecular flexibility index (Phi) is 5.34. The van der Waals surface area contributed by atoms with Crippen LogP contribution in [0.5, 0.6) is 0 Å². The Morgan fingerprint density at radius 2 is 1.88 bits per heavy atom. The lowest BCUT2D eigenvalue weighted by molar-refractivity contribution is 0.713. The fourth-order valence-corrected chi connectivity index (χ4v) is 1.69. The van der Waals surface area contributed by atoms with E-state index in [1.807, 2.05) is 0 Å². The van der Waals surface area contributed by atoms with Crippen molar-refractivity contribution >= 4 is 13.1 Å². The van der Waals surface area contributed by atoms with Crippen molar-refractivity contribution < 1.29 is 0 Å². The molecule has 0 unspecified atom stereocenters. The Hall–Kier alpha value is -1.18. The molecule has 0 amide bonds. The Balaban J connectivity index is 2.54. The zero-order valence-electron chi connectivity index (χ0n) is 11.7. The summed E-state index contributed by atoms with van der Waals surface area (Å²) in [6.07, 6.45) is 2.20. The van der Waals surface area contributed by atoms with Gasteiger partial charge in [-0.25, -0.2) is 0 Å². The van der Waals surface area contributed by atoms with Crippen molar-refractivity contribution in [1.82, 2.24) is 0 Å². The standard InChI is InChI=1S/C15H24BN/c1-12(2)13(3)6-7-14-8-10-15(11-9-14)17(5)16-4/h8-12,16H,3,6-7H2,1-2,4-5H3. The summed E-state index contributed by atoms with van der Waals surface area (Å²) in [6, 6.07) is 8.87. The van der Waals surface area contributed by atoms with Gasteiger partial charge in [0, 0.05) is 5.69 Å². The van der Waals surface area contributed by atoms with Crippen LogP contribution in [0.15, 0.2) is 36.4 Å². The van der Waals surface area contributed by atoms with Crippen LogP contribution in [0.25, 0.3) is 0 Å². The molecule has 92 valence electrons. The molecule has 0 spiro atoms. The molecule has 1 rings (SSSR count). The smallest absolute Gasteiger partial charge is 0.232 e. The number of hydrogen-bond acceptors (Lipinski definition) is 1. The topological polar surface area (TPSA) is 3.24 Å². The van der Waals surface area contributed by atoms with E-state index in [-0.39, 0.29) is 0 Å². The van der Waals surface area contributed by atoms with Crippen molar-refractivity contribution in [3.8, 4) is 0 Å². The second kappa shape index (κ2) is 6.53. The highest BCUT2D eigenvalue weighted by molar-refractivity contribution is 6.39. The third-order valence-corrected chi connectivity index (χ3v) is 3.40. The van der Waals surface area contributed by atoms with Crippen molar-refractivity contribution in [3.05, 3.63) is 42.0 Å². The number of hydrogen-bond donors (Lipinski definition) is 0. The molecule has 0 aliphatic heterocycles. The maximum absolute atomic E-state index is 4.12. The van der Waals surface area contributed by atoms with Crippen LogP contribution >= 0.6 is 0 Å². The largest absolute Gasteiger partial charge is 0.421 e. The minimum absolute atomic E-state index is 0.598. The lowest BCUT2D eigenvalue weighted by atomic mass is 9.95. The van der Waals surface area contributed by atoms with Crippen molar-refractivity contribution in [3.63, 3.8) is 0 Å². The van der Waals surface area contributed by atoms with Gasteiger partial charge in [-0.05, 0) is 43.5 Å². The summed E-state index contributed by atoms with van der Waals surface area (Å²) in [6.45, 7) is 10.7. The van der Waals surface area contributed by atoms with Gasteiger partial charge in [0.1, 0.15) is 0 Å². The van der Waals surface area contributed by atoms with Crippen molar-refractivity contribution in [2.75, 3.05) is 11.9 Å². The second-order valence-corrected chi connectivity index (χ2v) is 4.99. The molecule has 2 heteroatoms. The average molecular weight is 229 g/mol. The number of aryl methyl sites for hydroxylation is 1. The number of nitrogens with zero attached hydrogens (tertiary/aromatic N) is 1. The summed E-state index contributed by atoms with van der Waals surface area (Å²) in [7, 11) is 3.17. The third kappa shape index (κ3) is 4.30. The number of rotatable bonds is 6. The molecule has 0 aromatic heterocycles. The molecule has 0 radical (unpaired) electrons. The van der Waals surface area contributed by atoms with E-state index in [1.54, 1.807) is 0 Å². The molecule has 0 atom stereocenters. The Morgan fingerprint density at radius 3 is 2.35 bits per heavy atom. The van der Waals surface area contributed by atoms with Crippen LogP contribution < -0.4 is 4.81 Å². The van der Waals surface area contributed by atoms with Gasteiger partial charge in [0.2, 0.25) is 7.41 Å². The van der Waals surface area contributed by atoms with E-state index in [4.69, 9.17) is 0 Å². The zero-order chi connectivity index (χ0) is 12.8. The molecule has 1 aromatic rings. The predicted molar refractivity (Wildman–Crippen MR) is 80.2 cm³/mol. The van der Waals surface area contributed by atoms with Gasteiger partial charge < -0.3 is 4.81 Å². The van der Waals surface area contributed by atoms with Gasteiger partial charge in [-0.15, -0.1) is 0 Å². The van der Waals surface area contributed by atoms with Crippen molar-refractivity contribution in [2.24, 2.45) is 5.92 Å². The van der Waals surface area contributed by atoms with Crippen LogP contribution in [0.1, 0.15) is 25.8 Å². The Morgan fingerprint density at radius 1 is 1.29 bits per heavy atom. The van der Waals surface area contributed by atoms with Crippen LogP contribution in [0.3, 0.4) is 0 Å². The summed E-state index contributed by atoms with van der Waals surface area (Å²) >= 11 is 0. The van der Waals surface area contributed by atoms with Crippen LogP contribution in [-0.4, -0.2) is 14.5 Å². The lowest BCUT2D eigenvalue weighted by Crippen LogP contribution is -2.18.